The molecular formula is C19H25N3O4S. The number of nitrogens with zero attached hydrogens (tertiary/aromatic N) is 2. The lowest BCUT2D eigenvalue weighted by atomic mass is 10.2. The first kappa shape index (κ1) is 19.6. The Kier molecular flexibility index (Phi) is 6.30. The van der Waals surface area contributed by atoms with Gasteiger partial charge in [0.05, 0.1) is 32.1 Å². The van der Waals surface area contributed by atoms with E-state index >= 15 is 0 Å². The maximum absolute atomic E-state index is 12.6. The van der Waals surface area contributed by atoms with Crippen LogP contribution >= 0.6 is 11.3 Å². The number of carbonyl (C=O) groups excluding carboxylic acids is 1. The monoisotopic (exact) mass is 391 g/mol. The molecule has 0 radical (unpaired) electrons. The quantitative estimate of drug-likeness (QED) is 0.816. The molecular weight excluding hydrogens is 366 g/mol. The molecule has 2 atom stereocenters. The van der Waals surface area contributed by atoms with Crippen LogP contribution in [0.3, 0.4) is 0 Å². The Bertz CT molecular complexity index is 763. The molecule has 1 aliphatic heterocycles. The van der Waals surface area contributed by atoms with E-state index in [9.17, 15) is 4.79 Å². The smallest absolute Gasteiger partial charge is 0.257 e. The van der Waals surface area contributed by atoms with Gasteiger partial charge in [0.25, 0.3) is 5.91 Å². The van der Waals surface area contributed by atoms with Gasteiger partial charge in [0.2, 0.25) is 0 Å². The van der Waals surface area contributed by atoms with Crippen LogP contribution in [0.1, 0.15) is 29.9 Å². The van der Waals surface area contributed by atoms with Crippen LogP contribution in [0.4, 0.5) is 5.13 Å². The van der Waals surface area contributed by atoms with E-state index in [2.05, 4.69) is 29.0 Å². The lowest BCUT2D eigenvalue weighted by Crippen LogP contribution is -2.44. The molecule has 1 aliphatic rings. The van der Waals surface area contributed by atoms with Gasteiger partial charge in [0.15, 0.2) is 5.13 Å². The average molecular weight is 391 g/mol. The first-order valence-corrected chi connectivity index (χ1v) is 9.71. The SMILES string of the molecule is COc1cc(OC)cc(C(=O)Nc2nc(CN3C[C@@H](C)O[C@@H](C)C3)cs2)c1. The number of hydrogen-bond donors (Lipinski definition) is 1. The van der Waals surface area contributed by atoms with Gasteiger partial charge < -0.3 is 14.2 Å². The van der Waals surface area contributed by atoms with Gasteiger partial charge in [-0.2, -0.15) is 0 Å². The van der Waals surface area contributed by atoms with Crippen molar-refractivity contribution in [2.75, 3.05) is 32.6 Å². The van der Waals surface area contributed by atoms with Gasteiger partial charge in [-0.15, -0.1) is 11.3 Å². The second-order valence-corrected chi connectivity index (χ2v) is 7.51. The van der Waals surface area contributed by atoms with Crippen molar-refractivity contribution in [2.45, 2.75) is 32.6 Å². The summed E-state index contributed by atoms with van der Waals surface area (Å²) in [6.07, 6.45) is 0.434. The van der Waals surface area contributed by atoms with Crippen molar-refractivity contribution in [1.29, 1.82) is 0 Å². The zero-order valence-electron chi connectivity index (χ0n) is 16.0. The van der Waals surface area contributed by atoms with Crippen molar-refractivity contribution in [3.63, 3.8) is 0 Å². The summed E-state index contributed by atoms with van der Waals surface area (Å²) in [6, 6.07) is 5.06. The topological polar surface area (TPSA) is 72.9 Å². The summed E-state index contributed by atoms with van der Waals surface area (Å²) < 4.78 is 16.2. The van der Waals surface area contributed by atoms with Crippen LogP contribution in [-0.2, 0) is 11.3 Å². The largest absolute Gasteiger partial charge is 0.497 e. The Morgan fingerprint density at radius 1 is 1.22 bits per heavy atom. The van der Waals surface area contributed by atoms with Crippen LogP contribution in [-0.4, -0.2) is 55.3 Å². The molecule has 7 nitrogen and oxygen atoms in total. The zero-order chi connectivity index (χ0) is 19.4. The van der Waals surface area contributed by atoms with E-state index in [4.69, 9.17) is 14.2 Å². The Morgan fingerprint density at radius 3 is 2.44 bits per heavy atom. The standard InChI is InChI=1S/C19H25N3O4S/c1-12-8-22(9-13(2)26-12)10-15-11-27-19(20-15)21-18(23)14-5-16(24-3)7-17(6-14)25-4/h5-7,11-13H,8-10H2,1-4H3,(H,20,21,23)/t12-,13+. The third-order valence-corrected chi connectivity index (χ3v) is 5.07. The molecule has 0 aliphatic carbocycles. The lowest BCUT2D eigenvalue weighted by Gasteiger charge is -2.34. The van der Waals surface area contributed by atoms with E-state index in [1.54, 1.807) is 32.4 Å². The van der Waals surface area contributed by atoms with Gasteiger partial charge >= 0.3 is 0 Å². The molecule has 0 saturated carbocycles. The second-order valence-electron chi connectivity index (χ2n) is 6.65. The molecule has 2 aromatic rings. The highest BCUT2D eigenvalue weighted by atomic mass is 32.1. The van der Waals surface area contributed by atoms with Crippen LogP contribution < -0.4 is 14.8 Å². The van der Waals surface area contributed by atoms with Crippen LogP contribution in [0.15, 0.2) is 23.6 Å². The Hall–Kier alpha value is -2.16. The van der Waals surface area contributed by atoms with E-state index in [-0.39, 0.29) is 18.1 Å². The second kappa shape index (κ2) is 8.69. The fourth-order valence-electron chi connectivity index (χ4n) is 3.19. The predicted octanol–water partition coefficient (Wildman–Crippen LogP) is 3.02. The van der Waals surface area contributed by atoms with Gasteiger partial charge in [-0.1, -0.05) is 0 Å². The summed E-state index contributed by atoms with van der Waals surface area (Å²) in [6.45, 7) is 6.67. The number of thiazole rings is 1. The predicted molar refractivity (Wildman–Crippen MR) is 105 cm³/mol. The number of ether oxygens (including phenoxy) is 3. The number of anilines is 1. The molecule has 1 N–H and O–H groups in total. The summed E-state index contributed by atoms with van der Waals surface area (Å²) in [5.41, 5.74) is 1.40. The molecule has 2 heterocycles. The van der Waals surface area contributed by atoms with Crippen molar-refractivity contribution in [1.82, 2.24) is 9.88 Å². The number of rotatable bonds is 6. The summed E-state index contributed by atoms with van der Waals surface area (Å²) in [5, 5.41) is 5.40. The number of morpholine rings is 1. The molecule has 0 unspecified atom stereocenters. The molecule has 1 saturated heterocycles. The number of methoxy groups -OCH3 is 2. The maximum Gasteiger partial charge on any atom is 0.257 e. The number of aromatic nitrogens is 1. The number of benzene rings is 1. The molecule has 27 heavy (non-hydrogen) atoms. The van der Waals surface area contributed by atoms with Gasteiger partial charge in [0.1, 0.15) is 11.5 Å². The fourth-order valence-corrected chi connectivity index (χ4v) is 3.88. The molecule has 1 aromatic heterocycles. The summed E-state index contributed by atoms with van der Waals surface area (Å²) in [5.74, 6) is 0.881. The molecule has 146 valence electrons. The van der Waals surface area contributed by atoms with Gasteiger partial charge in [0, 0.05) is 36.6 Å². The van der Waals surface area contributed by atoms with Gasteiger partial charge in [-0.05, 0) is 26.0 Å². The molecule has 1 amide bonds. The lowest BCUT2D eigenvalue weighted by molar-refractivity contribution is -0.0707. The normalized spacial score (nSPS) is 20.3. The van der Waals surface area contributed by atoms with Gasteiger partial charge in [-0.3, -0.25) is 15.0 Å². The first-order valence-electron chi connectivity index (χ1n) is 8.83. The number of amides is 1. The highest BCUT2D eigenvalue weighted by Gasteiger charge is 2.23. The molecule has 0 spiro atoms. The van der Waals surface area contributed by atoms with Crippen LogP contribution in [0.2, 0.25) is 0 Å². The summed E-state index contributed by atoms with van der Waals surface area (Å²) in [4.78, 5) is 19.4. The van der Waals surface area contributed by atoms with Crippen molar-refractivity contribution in [2.24, 2.45) is 0 Å². The molecule has 1 aromatic carbocycles. The van der Waals surface area contributed by atoms with Crippen LogP contribution in [0.5, 0.6) is 11.5 Å². The maximum atomic E-state index is 12.6. The van der Waals surface area contributed by atoms with E-state index < -0.39 is 0 Å². The van der Waals surface area contributed by atoms with Crippen LogP contribution in [0.25, 0.3) is 0 Å². The Balaban J connectivity index is 1.64. The number of hydrogen-bond acceptors (Lipinski definition) is 7. The third-order valence-electron chi connectivity index (χ3n) is 4.27. The third kappa shape index (κ3) is 5.18. The first-order chi connectivity index (χ1) is 13.0. The summed E-state index contributed by atoms with van der Waals surface area (Å²) >= 11 is 1.42. The summed E-state index contributed by atoms with van der Waals surface area (Å²) in [7, 11) is 3.10. The highest BCUT2D eigenvalue weighted by molar-refractivity contribution is 7.13. The van der Waals surface area contributed by atoms with Crippen molar-refractivity contribution in [3.8, 4) is 11.5 Å². The minimum absolute atomic E-state index is 0.217. The zero-order valence-corrected chi connectivity index (χ0v) is 16.8. The number of carbonyl (C=O) groups is 1. The fraction of sp³-hybridized carbons (Fsp3) is 0.474. The average Bonchev–Trinajstić information content (AvgIpc) is 3.07. The highest BCUT2D eigenvalue weighted by Crippen LogP contribution is 2.24. The van der Waals surface area contributed by atoms with E-state index in [1.165, 1.54) is 11.3 Å². The molecule has 3 rings (SSSR count). The minimum atomic E-state index is -0.248. The van der Waals surface area contributed by atoms with Crippen molar-refractivity contribution in [3.05, 3.63) is 34.8 Å². The molecule has 1 fully saturated rings. The van der Waals surface area contributed by atoms with Crippen LogP contribution in [0, 0.1) is 0 Å². The van der Waals surface area contributed by atoms with Crippen molar-refractivity contribution >= 4 is 22.4 Å². The minimum Gasteiger partial charge on any atom is -0.497 e. The van der Waals surface area contributed by atoms with E-state index in [0.717, 1.165) is 25.3 Å². The Labute approximate surface area is 163 Å². The number of nitrogens with one attached hydrogen (secondary N) is 1. The molecule has 0 bridgehead atoms. The van der Waals surface area contributed by atoms with Crippen molar-refractivity contribution < 1.29 is 19.0 Å². The van der Waals surface area contributed by atoms with Gasteiger partial charge in [-0.25, -0.2) is 4.98 Å². The van der Waals surface area contributed by atoms with E-state index in [0.29, 0.717) is 22.2 Å². The van der Waals surface area contributed by atoms with E-state index in [1.807, 2.05) is 5.38 Å². The molecule has 8 heteroatoms. The Morgan fingerprint density at radius 2 is 1.85 bits per heavy atom.